The van der Waals surface area contributed by atoms with E-state index < -0.39 is 11.5 Å². The minimum absolute atomic E-state index is 0.0701. The van der Waals surface area contributed by atoms with Crippen molar-refractivity contribution in [3.05, 3.63) is 11.1 Å². The first kappa shape index (κ1) is 14.1. The van der Waals surface area contributed by atoms with Crippen molar-refractivity contribution >= 4 is 11.9 Å². The maximum Gasteiger partial charge on any atom is 0.329 e. The normalized spacial score (nSPS) is 22.4. The molecule has 2 aliphatic carbocycles. The number of allylic oxidation sites excluding steroid dienone is 1. The van der Waals surface area contributed by atoms with Gasteiger partial charge in [-0.1, -0.05) is 24.8 Å². The minimum Gasteiger partial charge on any atom is -0.479 e. The van der Waals surface area contributed by atoms with Gasteiger partial charge in [0, 0.05) is 12.6 Å². The minimum atomic E-state index is -0.981. The lowest BCUT2D eigenvalue weighted by Crippen LogP contribution is -2.56. The number of rotatable bonds is 3. The van der Waals surface area contributed by atoms with E-state index in [2.05, 4.69) is 0 Å². The second kappa shape index (κ2) is 5.35. The number of carbonyl (C=O) groups excluding carboxylic acids is 1. The highest BCUT2D eigenvalue weighted by atomic mass is 16.4. The molecule has 106 valence electrons. The van der Waals surface area contributed by atoms with Crippen molar-refractivity contribution in [1.82, 2.24) is 4.90 Å². The van der Waals surface area contributed by atoms with Gasteiger partial charge in [0.05, 0.1) is 0 Å². The Hall–Kier alpha value is -1.32. The van der Waals surface area contributed by atoms with E-state index in [4.69, 9.17) is 0 Å². The number of hydrogen-bond acceptors (Lipinski definition) is 2. The topological polar surface area (TPSA) is 57.6 Å². The zero-order valence-electron chi connectivity index (χ0n) is 11.9. The lowest BCUT2D eigenvalue weighted by molar-refractivity contribution is -0.159. The molecule has 0 atom stereocenters. The number of amides is 1. The van der Waals surface area contributed by atoms with Crippen LogP contribution >= 0.6 is 0 Å². The Balaban J connectivity index is 2.25. The Morgan fingerprint density at radius 1 is 1.11 bits per heavy atom. The van der Waals surface area contributed by atoms with E-state index in [0.29, 0.717) is 12.8 Å². The summed E-state index contributed by atoms with van der Waals surface area (Å²) in [6.07, 6.45) is 6.79. The molecule has 1 amide bonds. The number of carboxylic acid groups (broad SMARTS) is 1. The van der Waals surface area contributed by atoms with Crippen molar-refractivity contribution in [1.29, 1.82) is 0 Å². The van der Waals surface area contributed by atoms with Crippen LogP contribution in [-0.2, 0) is 9.59 Å². The smallest absolute Gasteiger partial charge is 0.329 e. The Morgan fingerprint density at radius 3 is 2.21 bits per heavy atom. The third-order valence-electron chi connectivity index (χ3n) is 4.78. The van der Waals surface area contributed by atoms with Gasteiger partial charge in [0.1, 0.15) is 5.54 Å². The van der Waals surface area contributed by atoms with Gasteiger partial charge in [-0.05, 0) is 39.0 Å². The van der Waals surface area contributed by atoms with Crippen molar-refractivity contribution in [2.24, 2.45) is 0 Å². The zero-order chi connectivity index (χ0) is 14.0. The highest BCUT2D eigenvalue weighted by Gasteiger charge is 2.46. The molecule has 0 aliphatic heterocycles. The van der Waals surface area contributed by atoms with E-state index >= 15 is 0 Å². The molecular formula is C15H23NO3. The summed E-state index contributed by atoms with van der Waals surface area (Å²) in [6, 6.07) is 0. The largest absolute Gasteiger partial charge is 0.479 e. The molecule has 0 spiro atoms. The zero-order valence-corrected chi connectivity index (χ0v) is 11.9. The lowest BCUT2D eigenvalue weighted by atomic mass is 9.80. The fourth-order valence-electron chi connectivity index (χ4n) is 3.41. The molecule has 1 N–H and O–H groups in total. The van der Waals surface area contributed by atoms with Crippen molar-refractivity contribution in [2.75, 3.05) is 7.05 Å². The molecule has 0 aromatic heterocycles. The standard InChI is InChI=1S/C15H23NO3/c1-11-7-6-8-12(11)13(17)16(2)15(14(18)19)9-4-3-5-10-15/h3-10H2,1-2H3,(H,18,19). The molecule has 1 saturated carbocycles. The van der Waals surface area contributed by atoms with Crippen molar-refractivity contribution in [3.8, 4) is 0 Å². The molecule has 0 aromatic rings. The summed E-state index contributed by atoms with van der Waals surface area (Å²) in [5.41, 5.74) is 0.993. The average molecular weight is 265 g/mol. The molecular weight excluding hydrogens is 242 g/mol. The van der Waals surface area contributed by atoms with Crippen molar-refractivity contribution < 1.29 is 14.7 Å². The van der Waals surface area contributed by atoms with Crippen LogP contribution in [0, 0.1) is 0 Å². The molecule has 2 rings (SSSR count). The van der Waals surface area contributed by atoms with Crippen LogP contribution in [0.2, 0.25) is 0 Å². The molecule has 0 unspecified atom stereocenters. The van der Waals surface area contributed by atoms with E-state index in [9.17, 15) is 14.7 Å². The van der Waals surface area contributed by atoms with E-state index in [1.165, 1.54) is 4.90 Å². The van der Waals surface area contributed by atoms with Gasteiger partial charge in [0.25, 0.3) is 0 Å². The Morgan fingerprint density at radius 2 is 1.74 bits per heavy atom. The van der Waals surface area contributed by atoms with Gasteiger partial charge in [-0.15, -0.1) is 0 Å². The second-order valence-corrected chi connectivity index (χ2v) is 5.87. The predicted octanol–water partition coefficient (Wildman–Crippen LogP) is 2.73. The summed E-state index contributed by atoms with van der Waals surface area (Å²) in [7, 11) is 1.67. The number of hydrogen-bond donors (Lipinski definition) is 1. The molecule has 0 saturated heterocycles. The summed E-state index contributed by atoms with van der Waals surface area (Å²) in [5, 5.41) is 9.61. The quantitative estimate of drug-likeness (QED) is 0.853. The fourth-order valence-corrected chi connectivity index (χ4v) is 3.41. The van der Waals surface area contributed by atoms with Crippen LogP contribution in [0.4, 0.5) is 0 Å². The van der Waals surface area contributed by atoms with Gasteiger partial charge >= 0.3 is 5.97 Å². The molecule has 1 fully saturated rings. The van der Waals surface area contributed by atoms with Gasteiger partial charge in [-0.3, -0.25) is 4.79 Å². The van der Waals surface area contributed by atoms with Crippen LogP contribution in [0.3, 0.4) is 0 Å². The Bertz CT molecular complexity index is 419. The summed E-state index contributed by atoms with van der Waals surface area (Å²) in [6.45, 7) is 1.99. The van der Waals surface area contributed by atoms with Gasteiger partial charge in [0.2, 0.25) is 5.91 Å². The predicted molar refractivity (Wildman–Crippen MR) is 72.8 cm³/mol. The first-order chi connectivity index (χ1) is 8.99. The highest BCUT2D eigenvalue weighted by Crippen LogP contribution is 2.36. The molecule has 2 aliphatic rings. The summed E-state index contributed by atoms with van der Waals surface area (Å²) in [5.74, 6) is -0.918. The SMILES string of the molecule is CC1=C(C(=O)N(C)C2(C(=O)O)CCCCC2)CCC1. The van der Waals surface area contributed by atoms with Gasteiger partial charge in [0.15, 0.2) is 0 Å². The number of nitrogens with zero attached hydrogens (tertiary/aromatic N) is 1. The Labute approximate surface area is 114 Å². The van der Waals surface area contributed by atoms with Crippen LogP contribution in [0.15, 0.2) is 11.1 Å². The lowest BCUT2D eigenvalue weighted by Gasteiger charge is -2.41. The number of carbonyl (C=O) groups is 2. The number of aliphatic carboxylic acids is 1. The van der Waals surface area contributed by atoms with Gasteiger partial charge in [-0.25, -0.2) is 4.79 Å². The average Bonchev–Trinajstić information content (AvgIpc) is 2.84. The van der Waals surface area contributed by atoms with Crippen LogP contribution in [0.25, 0.3) is 0 Å². The second-order valence-electron chi connectivity index (χ2n) is 5.87. The van der Waals surface area contributed by atoms with Gasteiger partial charge < -0.3 is 10.0 Å². The maximum absolute atomic E-state index is 12.6. The van der Waals surface area contributed by atoms with E-state index in [-0.39, 0.29) is 5.91 Å². The molecule has 4 nitrogen and oxygen atoms in total. The van der Waals surface area contributed by atoms with Crippen LogP contribution in [-0.4, -0.2) is 34.5 Å². The third-order valence-corrected chi connectivity index (χ3v) is 4.78. The van der Waals surface area contributed by atoms with Crippen molar-refractivity contribution in [2.45, 2.75) is 63.8 Å². The monoisotopic (exact) mass is 265 g/mol. The van der Waals surface area contributed by atoms with Crippen LogP contribution < -0.4 is 0 Å². The molecule has 4 heteroatoms. The molecule has 19 heavy (non-hydrogen) atoms. The van der Waals surface area contributed by atoms with Gasteiger partial charge in [-0.2, -0.15) is 0 Å². The molecule has 0 aromatic carbocycles. The number of likely N-dealkylation sites (N-methyl/N-ethyl adjacent to an activating group) is 1. The third kappa shape index (κ3) is 2.40. The van der Waals surface area contributed by atoms with E-state index in [0.717, 1.165) is 49.7 Å². The van der Waals surface area contributed by atoms with E-state index in [1.54, 1.807) is 7.05 Å². The van der Waals surface area contributed by atoms with Crippen molar-refractivity contribution in [3.63, 3.8) is 0 Å². The summed E-state index contributed by atoms with van der Waals surface area (Å²) < 4.78 is 0. The number of carboxylic acids is 1. The Kier molecular flexibility index (Phi) is 3.97. The van der Waals surface area contributed by atoms with E-state index in [1.807, 2.05) is 6.92 Å². The molecule has 0 bridgehead atoms. The van der Waals surface area contributed by atoms with Crippen LogP contribution in [0.1, 0.15) is 58.3 Å². The fraction of sp³-hybridized carbons (Fsp3) is 0.733. The molecule has 0 radical (unpaired) electrons. The highest BCUT2D eigenvalue weighted by molar-refractivity contribution is 5.98. The molecule has 0 heterocycles. The summed E-state index contributed by atoms with van der Waals surface area (Å²) in [4.78, 5) is 25.8. The van der Waals surface area contributed by atoms with Crippen LogP contribution in [0.5, 0.6) is 0 Å². The summed E-state index contributed by atoms with van der Waals surface area (Å²) >= 11 is 0. The first-order valence-corrected chi connectivity index (χ1v) is 7.19. The maximum atomic E-state index is 12.6. The first-order valence-electron chi connectivity index (χ1n) is 7.19.